The average Bonchev–Trinajstić information content (AvgIpc) is 3.33. The van der Waals surface area contributed by atoms with Crippen LogP contribution in [0.1, 0.15) is 24.4 Å². The highest BCUT2D eigenvalue weighted by atomic mass is 16.5. The number of hydrogen-bond acceptors (Lipinski definition) is 4. The summed E-state index contributed by atoms with van der Waals surface area (Å²) in [5.41, 5.74) is 2.03. The molecule has 0 aliphatic carbocycles. The molecule has 148 valence electrons. The van der Waals surface area contributed by atoms with Crippen LogP contribution in [0.5, 0.6) is 0 Å². The maximum atomic E-state index is 5.95. The number of aromatic nitrogens is 2. The summed E-state index contributed by atoms with van der Waals surface area (Å²) in [5.74, 6) is 1.90. The SMILES string of the molecule is CCNC(=NCCc1cc2ccccc2o1)N1CCOC(c2cnn(C)c2)C1. The van der Waals surface area contributed by atoms with E-state index in [4.69, 9.17) is 14.1 Å². The second kappa shape index (κ2) is 8.48. The van der Waals surface area contributed by atoms with E-state index in [1.54, 1.807) is 0 Å². The molecule has 2 aromatic heterocycles. The molecule has 1 atom stereocenters. The van der Waals surface area contributed by atoms with Gasteiger partial charge in [-0.25, -0.2) is 0 Å². The quantitative estimate of drug-likeness (QED) is 0.544. The molecule has 7 heteroatoms. The zero-order valence-corrected chi connectivity index (χ0v) is 16.5. The van der Waals surface area contributed by atoms with Gasteiger partial charge in [-0.1, -0.05) is 18.2 Å². The normalized spacial score (nSPS) is 18.0. The summed E-state index contributed by atoms with van der Waals surface area (Å²) >= 11 is 0. The van der Waals surface area contributed by atoms with Gasteiger partial charge < -0.3 is 19.4 Å². The second-order valence-corrected chi connectivity index (χ2v) is 6.99. The van der Waals surface area contributed by atoms with Crippen LogP contribution in [0.2, 0.25) is 0 Å². The zero-order valence-electron chi connectivity index (χ0n) is 16.5. The Kier molecular flexibility index (Phi) is 5.62. The molecule has 3 heterocycles. The van der Waals surface area contributed by atoms with E-state index in [1.165, 1.54) is 0 Å². The minimum absolute atomic E-state index is 0.0154. The van der Waals surface area contributed by atoms with Gasteiger partial charge in [0.05, 0.1) is 19.3 Å². The van der Waals surface area contributed by atoms with Crippen LogP contribution in [0.4, 0.5) is 0 Å². The van der Waals surface area contributed by atoms with E-state index in [9.17, 15) is 0 Å². The molecular formula is C21H27N5O2. The van der Waals surface area contributed by atoms with Gasteiger partial charge in [0.2, 0.25) is 0 Å². The molecule has 1 N–H and O–H groups in total. The van der Waals surface area contributed by atoms with Gasteiger partial charge in [-0.3, -0.25) is 9.67 Å². The summed E-state index contributed by atoms with van der Waals surface area (Å²) in [4.78, 5) is 7.10. The first kappa shape index (κ1) is 18.6. The number of furan rings is 1. The Bertz CT molecular complexity index is 912. The number of guanidine groups is 1. The van der Waals surface area contributed by atoms with Gasteiger partial charge in [-0.05, 0) is 19.1 Å². The smallest absolute Gasteiger partial charge is 0.194 e. The van der Waals surface area contributed by atoms with Gasteiger partial charge in [0.25, 0.3) is 0 Å². The van der Waals surface area contributed by atoms with Crippen LogP contribution in [-0.4, -0.2) is 53.4 Å². The maximum Gasteiger partial charge on any atom is 0.194 e. The molecule has 1 fully saturated rings. The third-order valence-corrected chi connectivity index (χ3v) is 4.89. The molecule has 1 aliphatic rings. The molecular weight excluding hydrogens is 354 g/mol. The van der Waals surface area contributed by atoms with Gasteiger partial charge in [0.15, 0.2) is 5.96 Å². The summed E-state index contributed by atoms with van der Waals surface area (Å²) in [5, 5.41) is 8.81. The number of nitrogens with one attached hydrogen (secondary N) is 1. The Labute approximate surface area is 165 Å². The topological polar surface area (TPSA) is 67.8 Å². The Morgan fingerprint density at radius 3 is 3.04 bits per heavy atom. The van der Waals surface area contributed by atoms with Gasteiger partial charge in [0, 0.05) is 50.2 Å². The second-order valence-electron chi connectivity index (χ2n) is 6.99. The Balaban J connectivity index is 1.41. The number of fused-ring (bicyclic) bond motifs is 1. The molecule has 0 saturated carbocycles. The fourth-order valence-corrected chi connectivity index (χ4v) is 3.51. The van der Waals surface area contributed by atoms with Crippen molar-refractivity contribution in [3.8, 4) is 0 Å². The molecule has 1 saturated heterocycles. The van der Waals surface area contributed by atoms with Crippen molar-refractivity contribution in [2.24, 2.45) is 12.0 Å². The van der Waals surface area contributed by atoms with Crippen LogP contribution in [0, 0.1) is 0 Å². The van der Waals surface area contributed by atoms with Crippen LogP contribution in [0.25, 0.3) is 11.0 Å². The number of aryl methyl sites for hydroxylation is 1. The summed E-state index contributed by atoms with van der Waals surface area (Å²) in [6, 6.07) is 10.2. The van der Waals surface area contributed by atoms with Crippen LogP contribution in [0.15, 0.2) is 52.1 Å². The summed E-state index contributed by atoms with van der Waals surface area (Å²) in [6.45, 7) is 5.87. The number of hydrogen-bond donors (Lipinski definition) is 1. The van der Waals surface area contributed by atoms with Gasteiger partial charge in [-0.2, -0.15) is 5.10 Å². The summed E-state index contributed by atoms with van der Waals surface area (Å²) < 4.78 is 13.7. The van der Waals surface area contributed by atoms with Crippen LogP contribution in [0.3, 0.4) is 0 Å². The van der Waals surface area contributed by atoms with Crippen molar-refractivity contribution in [2.45, 2.75) is 19.4 Å². The van der Waals surface area contributed by atoms with Crippen molar-refractivity contribution in [1.29, 1.82) is 0 Å². The Morgan fingerprint density at radius 1 is 1.36 bits per heavy atom. The van der Waals surface area contributed by atoms with Crippen molar-refractivity contribution >= 4 is 16.9 Å². The first-order valence-corrected chi connectivity index (χ1v) is 9.84. The highest BCUT2D eigenvalue weighted by molar-refractivity contribution is 5.80. The predicted octanol–water partition coefficient (Wildman–Crippen LogP) is 2.75. The van der Waals surface area contributed by atoms with Gasteiger partial charge >= 0.3 is 0 Å². The Hall–Kier alpha value is -2.80. The number of aliphatic imine (C=N–C) groups is 1. The van der Waals surface area contributed by atoms with E-state index in [0.717, 1.165) is 54.3 Å². The fourth-order valence-electron chi connectivity index (χ4n) is 3.51. The van der Waals surface area contributed by atoms with E-state index in [0.29, 0.717) is 13.2 Å². The highest BCUT2D eigenvalue weighted by Crippen LogP contribution is 2.22. The number of para-hydroxylation sites is 1. The zero-order chi connectivity index (χ0) is 19.3. The number of ether oxygens (including phenoxy) is 1. The number of nitrogens with zero attached hydrogens (tertiary/aromatic N) is 4. The van der Waals surface area contributed by atoms with Crippen LogP contribution in [-0.2, 0) is 18.2 Å². The van der Waals surface area contributed by atoms with E-state index < -0.39 is 0 Å². The minimum atomic E-state index is 0.0154. The van der Waals surface area contributed by atoms with Gasteiger partial charge in [0.1, 0.15) is 17.4 Å². The maximum absolute atomic E-state index is 5.95. The molecule has 1 aliphatic heterocycles. The Morgan fingerprint density at radius 2 is 2.25 bits per heavy atom. The third-order valence-electron chi connectivity index (χ3n) is 4.89. The molecule has 4 rings (SSSR count). The first-order chi connectivity index (χ1) is 13.7. The number of benzene rings is 1. The molecule has 0 amide bonds. The molecule has 1 aromatic carbocycles. The lowest BCUT2D eigenvalue weighted by Crippen LogP contribution is -2.48. The minimum Gasteiger partial charge on any atom is -0.461 e. The highest BCUT2D eigenvalue weighted by Gasteiger charge is 2.25. The average molecular weight is 381 g/mol. The lowest BCUT2D eigenvalue weighted by atomic mass is 10.1. The van der Waals surface area contributed by atoms with Crippen LogP contribution >= 0.6 is 0 Å². The largest absolute Gasteiger partial charge is 0.461 e. The standard InChI is InChI=1S/C21H27N5O2/c1-3-22-21(23-9-8-18-12-16-6-4-5-7-19(16)28-18)26-10-11-27-20(15-26)17-13-24-25(2)14-17/h4-7,12-14,20H,3,8-11,15H2,1-2H3,(H,22,23). The molecule has 0 radical (unpaired) electrons. The number of morpholine rings is 1. The lowest BCUT2D eigenvalue weighted by molar-refractivity contribution is -0.00803. The molecule has 28 heavy (non-hydrogen) atoms. The van der Waals surface area contributed by atoms with Crippen LogP contribution < -0.4 is 5.32 Å². The molecule has 7 nitrogen and oxygen atoms in total. The van der Waals surface area contributed by atoms with E-state index in [1.807, 2.05) is 42.3 Å². The van der Waals surface area contributed by atoms with E-state index >= 15 is 0 Å². The summed E-state index contributed by atoms with van der Waals surface area (Å²) in [6.07, 6.45) is 4.68. The van der Waals surface area contributed by atoms with Crippen molar-refractivity contribution < 1.29 is 9.15 Å². The van der Waals surface area contributed by atoms with Crippen molar-refractivity contribution in [3.05, 3.63) is 54.0 Å². The fraction of sp³-hybridized carbons (Fsp3) is 0.429. The summed E-state index contributed by atoms with van der Waals surface area (Å²) in [7, 11) is 1.92. The van der Waals surface area contributed by atoms with E-state index in [-0.39, 0.29) is 6.10 Å². The van der Waals surface area contributed by atoms with E-state index in [2.05, 4.69) is 34.4 Å². The predicted molar refractivity (Wildman–Crippen MR) is 109 cm³/mol. The van der Waals surface area contributed by atoms with Crippen molar-refractivity contribution in [3.63, 3.8) is 0 Å². The molecule has 3 aromatic rings. The first-order valence-electron chi connectivity index (χ1n) is 9.84. The lowest BCUT2D eigenvalue weighted by Gasteiger charge is -2.34. The third kappa shape index (κ3) is 4.20. The van der Waals surface area contributed by atoms with Crippen molar-refractivity contribution in [1.82, 2.24) is 20.0 Å². The number of rotatable bonds is 5. The molecule has 0 spiro atoms. The molecule has 1 unspecified atom stereocenters. The van der Waals surface area contributed by atoms with Crippen molar-refractivity contribution in [2.75, 3.05) is 32.8 Å². The van der Waals surface area contributed by atoms with Gasteiger partial charge in [-0.15, -0.1) is 0 Å². The molecule has 0 bridgehead atoms. The monoisotopic (exact) mass is 381 g/mol.